The van der Waals surface area contributed by atoms with Crippen molar-refractivity contribution in [3.63, 3.8) is 0 Å². The Balaban J connectivity index is 0.000000577. The molecule has 4 bridgehead atoms. The summed E-state index contributed by atoms with van der Waals surface area (Å²) in [5.74, 6) is 0.984. The van der Waals surface area contributed by atoms with Crippen LogP contribution in [-0.4, -0.2) is 52.5 Å². The van der Waals surface area contributed by atoms with Crippen LogP contribution in [0.2, 0.25) is 10.0 Å². The first kappa shape index (κ1) is 35.1. The Kier molecular flexibility index (Phi) is 9.01. The van der Waals surface area contributed by atoms with Gasteiger partial charge in [0.25, 0.3) is 0 Å². The van der Waals surface area contributed by atoms with Gasteiger partial charge >= 0.3 is 0 Å². The van der Waals surface area contributed by atoms with Crippen molar-refractivity contribution in [3.05, 3.63) is 93.0 Å². The van der Waals surface area contributed by atoms with Crippen LogP contribution in [0.25, 0.3) is 32.9 Å². The monoisotopic (exact) mass is 759 g/mol. The molecule has 6 fully saturated rings. The summed E-state index contributed by atoms with van der Waals surface area (Å²) in [6, 6.07) is 22.0. The molecule has 8 nitrogen and oxygen atoms in total. The molecule has 6 heterocycles. The SMILES string of the molecule is C1NC2CC1C2.Cc1nc2c(F)c(-c3cccc(Cl)c3Cl)c(CCC#N)cc2c2[nH]c(C3C4CC(CN(c5cccc(C#N)c5)C4)N3C(=O)C3CC3)cc12. The molecule has 3 aromatic carbocycles. The molecule has 0 radical (unpaired) electrons. The van der Waals surface area contributed by atoms with Crippen LogP contribution >= 0.6 is 23.2 Å². The number of nitriles is 2. The summed E-state index contributed by atoms with van der Waals surface area (Å²) in [6.07, 6.45) is 6.19. The van der Waals surface area contributed by atoms with Crippen molar-refractivity contribution in [2.75, 3.05) is 24.5 Å². The highest BCUT2D eigenvalue weighted by Gasteiger charge is 2.51. The maximum absolute atomic E-state index is 16.7. The number of rotatable bonds is 6. The van der Waals surface area contributed by atoms with Crippen molar-refractivity contribution in [2.45, 2.75) is 70.0 Å². The first-order valence-corrected chi connectivity index (χ1v) is 19.7. The number of amides is 1. The van der Waals surface area contributed by atoms with E-state index in [0.717, 1.165) is 60.1 Å². The van der Waals surface area contributed by atoms with Gasteiger partial charge in [-0.3, -0.25) is 4.79 Å². The number of likely N-dealkylation sites (tertiary alicyclic amines) is 1. The largest absolute Gasteiger partial charge is 0.369 e. The molecule has 2 N–H and O–H groups in total. The van der Waals surface area contributed by atoms with Gasteiger partial charge in [0.1, 0.15) is 5.52 Å². The normalized spacial score (nSPS) is 23.9. The molecule has 11 heteroatoms. The fraction of sp³-hybridized carbons (Fsp3) is 0.395. The van der Waals surface area contributed by atoms with E-state index in [-0.39, 0.29) is 46.8 Å². The van der Waals surface area contributed by atoms with Gasteiger partial charge in [-0.15, -0.1) is 0 Å². The van der Waals surface area contributed by atoms with Crippen molar-refractivity contribution in [3.8, 4) is 23.3 Å². The van der Waals surface area contributed by atoms with Crippen LogP contribution in [0.15, 0.2) is 54.6 Å². The molecular formula is C43H40Cl2FN7O. The molecule has 274 valence electrons. The predicted molar refractivity (Wildman–Crippen MR) is 210 cm³/mol. The molecule has 6 aliphatic rings. The minimum Gasteiger partial charge on any atom is -0.369 e. The van der Waals surface area contributed by atoms with Gasteiger partial charge in [0.05, 0.1) is 45.3 Å². The number of halogens is 3. The second-order valence-electron chi connectivity index (χ2n) is 15.7. The van der Waals surface area contributed by atoms with Gasteiger partial charge in [-0.05, 0) is 99.9 Å². The van der Waals surface area contributed by atoms with Crippen molar-refractivity contribution in [1.29, 1.82) is 10.5 Å². The number of hydrogen-bond donors (Lipinski definition) is 2. The van der Waals surface area contributed by atoms with Gasteiger partial charge in [-0.25, -0.2) is 9.37 Å². The number of aryl methyl sites for hydroxylation is 2. The number of anilines is 1. The van der Waals surface area contributed by atoms with E-state index in [9.17, 15) is 15.3 Å². The minimum absolute atomic E-state index is 0.0370. The number of H-pyrrole nitrogens is 1. The highest BCUT2D eigenvalue weighted by molar-refractivity contribution is 6.43. The van der Waals surface area contributed by atoms with Crippen LogP contribution in [0.1, 0.15) is 67.1 Å². The number of carbonyl (C=O) groups is 1. The van der Waals surface area contributed by atoms with E-state index in [2.05, 4.69) is 38.3 Å². The molecule has 11 rings (SSSR count). The van der Waals surface area contributed by atoms with Gasteiger partial charge in [0.15, 0.2) is 5.82 Å². The number of nitrogens with one attached hydrogen (secondary N) is 2. The number of fused-ring (bicyclic) bond motifs is 6. The smallest absolute Gasteiger partial charge is 0.226 e. The highest BCUT2D eigenvalue weighted by Crippen LogP contribution is 2.49. The van der Waals surface area contributed by atoms with Crippen LogP contribution in [-0.2, 0) is 11.2 Å². The lowest BCUT2D eigenvalue weighted by Gasteiger charge is -2.34. The molecular weight excluding hydrogens is 720 g/mol. The fourth-order valence-electron chi connectivity index (χ4n) is 9.37. The van der Waals surface area contributed by atoms with Crippen molar-refractivity contribution >= 4 is 56.6 Å². The molecule has 0 spiro atoms. The Morgan fingerprint density at radius 1 is 1.04 bits per heavy atom. The maximum Gasteiger partial charge on any atom is 0.226 e. The van der Waals surface area contributed by atoms with E-state index in [1.54, 1.807) is 24.3 Å². The fourth-order valence-corrected chi connectivity index (χ4v) is 9.77. The molecule has 3 atom stereocenters. The first-order chi connectivity index (χ1) is 26.2. The summed E-state index contributed by atoms with van der Waals surface area (Å²) >= 11 is 12.9. The van der Waals surface area contributed by atoms with E-state index in [0.29, 0.717) is 51.3 Å². The lowest BCUT2D eigenvalue weighted by atomic mass is 9.87. The molecule has 2 saturated carbocycles. The molecule has 2 aromatic heterocycles. The zero-order valence-electron chi connectivity index (χ0n) is 30.0. The van der Waals surface area contributed by atoms with Crippen LogP contribution in [0.4, 0.5) is 10.1 Å². The Labute approximate surface area is 323 Å². The Bertz CT molecular complexity index is 2390. The summed E-state index contributed by atoms with van der Waals surface area (Å²) in [5, 5.41) is 24.4. The Hall–Kier alpha value is -4.67. The second-order valence-corrected chi connectivity index (χ2v) is 16.5. The summed E-state index contributed by atoms with van der Waals surface area (Å²) in [7, 11) is 0. The summed E-state index contributed by atoms with van der Waals surface area (Å²) in [5.41, 5.74) is 5.55. The van der Waals surface area contributed by atoms with Crippen LogP contribution in [0, 0.1) is 53.2 Å². The second kappa shape index (κ2) is 13.9. The molecule has 1 amide bonds. The van der Waals surface area contributed by atoms with Gasteiger partial charge in [0.2, 0.25) is 5.91 Å². The number of benzene rings is 3. The number of aromatic nitrogens is 2. The van der Waals surface area contributed by atoms with Crippen molar-refractivity contribution in [2.24, 2.45) is 17.8 Å². The summed E-state index contributed by atoms with van der Waals surface area (Å²) in [6.45, 7) is 4.63. The zero-order chi connectivity index (χ0) is 37.2. The first-order valence-electron chi connectivity index (χ1n) is 19.0. The van der Waals surface area contributed by atoms with Crippen molar-refractivity contribution < 1.29 is 9.18 Å². The third-order valence-electron chi connectivity index (χ3n) is 12.2. The van der Waals surface area contributed by atoms with E-state index in [1.165, 1.54) is 19.4 Å². The van der Waals surface area contributed by atoms with E-state index >= 15 is 4.39 Å². The number of aromatic amines is 1. The van der Waals surface area contributed by atoms with Gasteiger partial charge < -0.3 is 20.1 Å². The third kappa shape index (κ3) is 6.07. The number of pyridine rings is 1. The standard InChI is InChI=1S/C38H31Cl2FN6O.C5H9N/c1-20-28-16-31(37-24-14-26(47(37)38(48)22-10-11-22)19-46(18-24)25-7-2-5-21(13-25)17-43)45-35(28)29-15-23(6-4-12-42)32(34(41)36(29)44-20)27-8-3-9-30(39)33(27)40;1-4-2-5(1)6-3-4/h2-3,5,7-9,13,15-16,22,24,26,37,45H,4,6,10-11,14,18-19H2,1H3;4-6H,1-3H2. The minimum atomic E-state index is -0.511. The average Bonchev–Trinajstić information content (AvgIpc) is 3.44. The molecule has 54 heavy (non-hydrogen) atoms. The third-order valence-corrected chi connectivity index (χ3v) is 13.0. The quantitative estimate of drug-likeness (QED) is 0.179. The Morgan fingerprint density at radius 2 is 1.85 bits per heavy atom. The zero-order valence-corrected chi connectivity index (χ0v) is 31.5. The molecule has 5 aromatic rings. The number of piperidine rings is 1. The lowest BCUT2D eigenvalue weighted by molar-refractivity contribution is -0.135. The predicted octanol–water partition coefficient (Wildman–Crippen LogP) is 9.02. The van der Waals surface area contributed by atoms with Crippen LogP contribution in [0.5, 0.6) is 0 Å². The number of hydrogen-bond acceptors (Lipinski definition) is 6. The van der Waals surface area contributed by atoms with Crippen LogP contribution < -0.4 is 10.2 Å². The van der Waals surface area contributed by atoms with E-state index in [1.807, 2.05) is 31.2 Å². The van der Waals surface area contributed by atoms with E-state index < -0.39 is 5.82 Å². The number of nitrogens with zero attached hydrogens (tertiary/aromatic N) is 5. The average molecular weight is 761 g/mol. The molecule has 3 unspecified atom stereocenters. The van der Waals surface area contributed by atoms with Crippen LogP contribution in [0.3, 0.4) is 0 Å². The van der Waals surface area contributed by atoms with Crippen molar-refractivity contribution in [1.82, 2.24) is 20.2 Å². The van der Waals surface area contributed by atoms with Gasteiger partial charge in [0, 0.05) is 76.4 Å². The van der Waals surface area contributed by atoms with Gasteiger partial charge in [-0.2, -0.15) is 10.5 Å². The summed E-state index contributed by atoms with van der Waals surface area (Å²) in [4.78, 5) is 26.8. The molecule has 4 aliphatic heterocycles. The van der Waals surface area contributed by atoms with E-state index in [4.69, 9.17) is 28.2 Å². The Morgan fingerprint density at radius 3 is 2.56 bits per heavy atom. The number of carbonyl (C=O) groups excluding carboxylic acids is 1. The van der Waals surface area contributed by atoms with Gasteiger partial charge in [-0.1, -0.05) is 41.4 Å². The maximum atomic E-state index is 16.7. The highest BCUT2D eigenvalue weighted by atomic mass is 35.5. The lowest BCUT2D eigenvalue weighted by Crippen LogP contribution is -2.44. The molecule has 2 aliphatic carbocycles. The summed E-state index contributed by atoms with van der Waals surface area (Å²) < 4.78 is 16.7. The molecule has 4 saturated heterocycles. The topological polar surface area (TPSA) is 112 Å².